The van der Waals surface area contributed by atoms with Gasteiger partial charge in [-0.15, -0.1) is 5.11 Å². The zero-order chi connectivity index (χ0) is 21.5. The largest absolute Gasteiger partial charge is 0.329 e. The van der Waals surface area contributed by atoms with E-state index in [1.54, 1.807) is 4.90 Å². The molecule has 0 spiro atoms. The summed E-state index contributed by atoms with van der Waals surface area (Å²) in [6.45, 7) is 1.22. The van der Waals surface area contributed by atoms with E-state index in [0.29, 0.717) is 13.1 Å². The van der Waals surface area contributed by atoms with Crippen LogP contribution in [0.5, 0.6) is 0 Å². The summed E-state index contributed by atoms with van der Waals surface area (Å²) in [5.41, 5.74) is 6.55. The SMILES string of the molecule is [B]C([B])([B])C([B])([B])N1CCC(SNC(=O)Nc2c3c(cc4c2CCC4)CCC3)CC1. The van der Waals surface area contributed by atoms with Gasteiger partial charge < -0.3 is 10.2 Å². The van der Waals surface area contributed by atoms with Crippen LogP contribution in [0.1, 0.15) is 47.9 Å². The van der Waals surface area contributed by atoms with Crippen molar-refractivity contribution in [1.29, 1.82) is 0 Å². The molecule has 0 saturated carbocycles. The monoisotopic (exact) mass is 409 g/mol. The van der Waals surface area contributed by atoms with Crippen molar-refractivity contribution >= 4 is 62.9 Å². The molecule has 0 unspecified atom stereocenters. The number of amides is 2. The minimum absolute atomic E-state index is 0.159. The third-order valence-electron chi connectivity index (χ3n) is 6.69. The van der Waals surface area contributed by atoms with Crippen LogP contribution in [0.4, 0.5) is 10.5 Å². The van der Waals surface area contributed by atoms with Crippen LogP contribution in [0.25, 0.3) is 0 Å². The minimum atomic E-state index is -1.69. The van der Waals surface area contributed by atoms with Gasteiger partial charge in [0.2, 0.25) is 0 Å². The van der Waals surface area contributed by atoms with Gasteiger partial charge in [0.25, 0.3) is 0 Å². The molecule has 1 fully saturated rings. The molecule has 2 amide bonds. The van der Waals surface area contributed by atoms with Gasteiger partial charge in [0.05, 0.1) is 39.2 Å². The normalized spacial score (nSPS) is 20.0. The Morgan fingerprint density at radius 1 is 0.967 bits per heavy atom. The lowest BCUT2D eigenvalue weighted by Crippen LogP contribution is -2.61. The molecule has 1 aromatic carbocycles. The molecule has 0 bridgehead atoms. The topological polar surface area (TPSA) is 44.4 Å². The van der Waals surface area contributed by atoms with E-state index in [4.69, 9.17) is 39.2 Å². The van der Waals surface area contributed by atoms with Crippen molar-refractivity contribution in [2.24, 2.45) is 0 Å². The van der Waals surface area contributed by atoms with E-state index in [-0.39, 0.29) is 11.3 Å². The Kier molecular flexibility index (Phi) is 6.38. The summed E-state index contributed by atoms with van der Waals surface area (Å²) in [6, 6.07) is 2.21. The number of carbonyl (C=O) groups excluding carboxylic acids is 1. The maximum absolute atomic E-state index is 12.7. The molecule has 1 aromatic rings. The van der Waals surface area contributed by atoms with Crippen LogP contribution in [0.15, 0.2) is 6.07 Å². The van der Waals surface area contributed by atoms with E-state index in [0.717, 1.165) is 44.2 Å². The number of aryl methyl sites for hydroxylation is 2. The number of fused-ring (bicyclic) bond motifs is 2. The van der Waals surface area contributed by atoms with E-state index in [1.807, 2.05) is 0 Å². The molecule has 4 rings (SSSR count). The fourth-order valence-corrected chi connectivity index (χ4v) is 5.63. The van der Waals surface area contributed by atoms with Crippen LogP contribution >= 0.6 is 11.9 Å². The quantitative estimate of drug-likeness (QED) is 0.573. The van der Waals surface area contributed by atoms with Crippen LogP contribution in [0.3, 0.4) is 0 Å². The highest BCUT2D eigenvalue weighted by atomic mass is 32.2. The number of nitrogens with one attached hydrogen (secondary N) is 2. The smallest absolute Gasteiger partial charge is 0.316 e. The predicted molar refractivity (Wildman–Crippen MR) is 129 cm³/mol. The van der Waals surface area contributed by atoms with Crippen molar-refractivity contribution in [3.05, 3.63) is 28.3 Å². The molecule has 10 heteroatoms. The molecular weight excluding hydrogens is 384 g/mol. The van der Waals surface area contributed by atoms with Gasteiger partial charge in [0.15, 0.2) is 0 Å². The molecule has 1 aliphatic heterocycles. The molecule has 0 atom stereocenters. The lowest BCUT2D eigenvalue weighted by molar-refractivity contribution is 0.187. The molecule has 4 nitrogen and oxygen atoms in total. The number of hydrogen-bond acceptors (Lipinski definition) is 3. The van der Waals surface area contributed by atoms with Gasteiger partial charge in [-0.3, -0.25) is 4.72 Å². The average Bonchev–Trinajstić information content (AvgIpc) is 3.35. The maximum atomic E-state index is 12.7. The predicted octanol–water partition coefficient (Wildman–Crippen LogP) is 1.47. The van der Waals surface area contributed by atoms with Crippen molar-refractivity contribution in [1.82, 2.24) is 9.62 Å². The van der Waals surface area contributed by atoms with E-state index in [1.165, 1.54) is 47.0 Å². The summed E-state index contributed by atoms with van der Waals surface area (Å²) in [4.78, 5) is 14.5. The summed E-state index contributed by atoms with van der Waals surface area (Å²) >= 11 is 1.45. The second-order valence-corrected chi connectivity index (χ2v) is 9.96. The molecule has 2 aliphatic carbocycles. The molecule has 30 heavy (non-hydrogen) atoms. The zero-order valence-corrected chi connectivity index (χ0v) is 18.2. The summed E-state index contributed by atoms with van der Waals surface area (Å²) in [6.07, 6.45) is 8.27. The number of urea groups is 1. The van der Waals surface area contributed by atoms with Gasteiger partial charge in [-0.05, 0) is 98.7 Å². The average molecular weight is 409 g/mol. The molecule has 1 heterocycles. The van der Waals surface area contributed by atoms with Gasteiger partial charge in [0, 0.05) is 10.9 Å². The Hall–Kier alpha value is -0.875. The number of piperidine rings is 1. The van der Waals surface area contributed by atoms with Gasteiger partial charge >= 0.3 is 6.03 Å². The highest BCUT2D eigenvalue weighted by Gasteiger charge is 2.37. The third-order valence-corrected chi connectivity index (χ3v) is 7.80. The van der Waals surface area contributed by atoms with Gasteiger partial charge in [-0.25, -0.2) is 4.79 Å². The summed E-state index contributed by atoms with van der Waals surface area (Å²) in [5, 5.41) is 0.248. The molecule has 2 N–H and O–H groups in total. The van der Waals surface area contributed by atoms with E-state index in [2.05, 4.69) is 16.1 Å². The van der Waals surface area contributed by atoms with Crippen LogP contribution < -0.4 is 10.0 Å². The highest BCUT2D eigenvalue weighted by molar-refractivity contribution is 7.98. The molecule has 146 valence electrons. The van der Waals surface area contributed by atoms with Gasteiger partial charge in [0.1, 0.15) is 0 Å². The lowest BCUT2D eigenvalue weighted by atomic mass is 9.26. The first-order valence-corrected chi connectivity index (χ1v) is 11.6. The lowest BCUT2D eigenvalue weighted by Gasteiger charge is -2.52. The Labute approximate surface area is 191 Å². The number of rotatable bonds is 5. The van der Waals surface area contributed by atoms with Gasteiger partial charge in [-0.2, -0.15) is 0 Å². The van der Waals surface area contributed by atoms with Crippen LogP contribution in [-0.4, -0.2) is 73.8 Å². The van der Waals surface area contributed by atoms with Crippen molar-refractivity contribution in [3.63, 3.8) is 0 Å². The second-order valence-electron chi connectivity index (χ2n) is 8.85. The van der Waals surface area contributed by atoms with E-state index < -0.39 is 10.5 Å². The van der Waals surface area contributed by atoms with Crippen molar-refractivity contribution in [2.75, 3.05) is 18.4 Å². The zero-order valence-electron chi connectivity index (χ0n) is 17.4. The summed E-state index contributed by atoms with van der Waals surface area (Å²) in [5.74, 6) is 0. The van der Waals surface area contributed by atoms with Crippen LogP contribution in [0, 0.1) is 0 Å². The Balaban J connectivity index is 1.31. The number of hydrogen-bond donors (Lipinski definition) is 2. The first-order chi connectivity index (χ1) is 14.2. The Bertz CT molecular complexity index is 789. The number of carbonyl (C=O) groups is 1. The molecular formula is C20H24B5N3OS. The third kappa shape index (κ3) is 4.36. The standard InChI is InChI=1S/C20H24B5N3OS/c21-19(22,23)20(24,25)28-9-7-14(8-10-28)30-27-18(29)26-17-15-5-1-3-12(15)11-13-4-2-6-16(13)17/h11,14H,1-10H2,(H2,26,27,29). The molecule has 3 aliphatic rings. The second kappa shape index (κ2) is 8.57. The van der Waals surface area contributed by atoms with Crippen LogP contribution in [-0.2, 0) is 25.7 Å². The number of anilines is 1. The summed E-state index contributed by atoms with van der Waals surface area (Å²) < 4.78 is 2.98. The molecule has 1 saturated heterocycles. The highest BCUT2D eigenvalue weighted by Crippen LogP contribution is 2.39. The van der Waals surface area contributed by atoms with Crippen molar-refractivity contribution in [3.8, 4) is 0 Å². The Morgan fingerprint density at radius 2 is 1.53 bits per heavy atom. The Morgan fingerprint density at radius 3 is 2.07 bits per heavy atom. The minimum Gasteiger partial charge on any atom is -0.316 e. The maximum Gasteiger partial charge on any atom is 0.329 e. The number of likely N-dealkylation sites (tertiary alicyclic amines) is 1. The number of nitrogens with zero attached hydrogens (tertiary/aromatic N) is 1. The van der Waals surface area contributed by atoms with Crippen molar-refractivity contribution in [2.45, 2.75) is 67.1 Å². The van der Waals surface area contributed by atoms with E-state index in [9.17, 15) is 4.79 Å². The van der Waals surface area contributed by atoms with Gasteiger partial charge in [-0.1, -0.05) is 11.4 Å². The number of benzene rings is 1. The fraction of sp³-hybridized carbons (Fsp3) is 0.650. The van der Waals surface area contributed by atoms with Crippen molar-refractivity contribution < 1.29 is 4.79 Å². The first kappa shape index (κ1) is 22.3. The molecule has 0 aromatic heterocycles. The van der Waals surface area contributed by atoms with E-state index >= 15 is 0 Å². The fourth-order valence-electron chi connectivity index (χ4n) is 4.86. The summed E-state index contributed by atoms with van der Waals surface area (Å²) in [7, 11) is 29.3. The van der Waals surface area contributed by atoms with Crippen LogP contribution in [0.2, 0.25) is 5.11 Å². The first-order valence-electron chi connectivity index (χ1n) is 10.8. The molecule has 10 radical (unpaired) electrons.